The van der Waals surface area contributed by atoms with Gasteiger partial charge in [0.1, 0.15) is 0 Å². The minimum absolute atomic E-state index is 0.959. The van der Waals surface area contributed by atoms with E-state index in [1.807, 2.05) is 29.1 Å². The molecule has 0 aliphatic rings. The van der Waals surface area contributed by atoms with Crippen molar-refractivity contribution in [1.82, 2.24) is 0 Å². The second-order valence-electron chi connectivity index (χ2n) is 3.40. The number of halogens is 5. The summed E-state index contributed by atoms with van der Waals surface area (Å²) in [5.41, 5.74) is 2.49. The summed E-state index contributed by atoms with van der Waals surface area (Å²) < 4.78 is 10.4. The van der Waals surface area contributed by atoms with Crippen molar-refractivity contribution in [2.24, 2.45) is 0 Å². The molecule has 2 aromatic carbocycles. The third-order valence-corrected chi connectivity index (χ3v) is 9.08. The summed E-state index contributed by atoms with van der Waals surface area (Å²) in [5.74, 6) is 0.959. The minimum Gasteiger partial charge on any atom is -0.425 e. The summed E-state index contributed by atoms with van der Waals surface area (Å²) in [7, 11) is 0. The highest BCUT2D eigenvalue weighted by Gasteiger charge is 2.20. The van der Waals surface area contributed by atoms with Gasteiger partial charge in [-0.3, -0.25) is 0 Å². The molecule has 0 saturated carbocycles. The summed E-state index contributed by atoms with van der Waals surface area (Å²) in [6, 6.07) is 10.4. The monoisotopic (exact) mass is 800 g/mol. The van der Waals surface area contributed by atoms with E-state index in [-0.39, 0.29) is 0 Å². The van der Waals surface area contributed by atoms with Gasteiger partial charge in [0.2, 0.25) is 0 Å². The van der Waals surface area contributed by atoms with Crippen LogP contribution in [0.1, 0.15) is 0 Å². The number of rotatable bonds is 2. The molecule has 0 aliphatic heterocycles. The quantitative estimate of drug-likeness (QED) is 0.192. The molecule has 0 bridgehead atoms. The van der Waals surface area contributed by atoms with Crippen LogP contribution in [0, 0.1) is 14.3 Å². The maximum Gasteiger partial charge on any atom is 0.192 e. The average Bonchev–Trinajstić information content (AvgIpc) is 2.38. The van der Waals surface area contributed by atoms with Crippen molar-refractivity contribution in [3.05, 3.63) is 44.6 Å². The molecule has 18 heavy (non-hydrogen) atoms. The molecular formula is C12H5I5O. The molecule has 0 atom stereocenters. The fourth-order valence-corrected chi connectivity index (χ4v) is 7.34. The molecule has 1 nitrogen and oxygen atoms in total. The van der Waals surface area contributed by atoms with Gasteiger partial charge in [-0.1, -0.05) is 30.3 Å². The second kappa shape index (κ2) is 7.24. The Hall–Kier alpha value is 1.89. The third-order valence-electron chi connectivity index (χ3n) is 2.36. The van der Waals surface area contributed by atoms with Crippen molar-refractivity contribution in [3.63, 3.8) is 0 Å². The summed E-state index contributed by atoms with van der Waals surface area (Å²) in [5, 5.41) is 0. The highest BCUT2D eigenvalue weighted by atomic mass is 127. The fraction of sp³-hybridized carbons (Fsp3) is 0. The molecule has 0 amide bonds. The van der Waals surface area contributed by atoms with Crippen molar-refractivity contribution < 1.29 is 3.07 Å². The Bertz CT molecular complexity index is 583. The van der Waals surface area contributed by atoms with Gasteiger partial charge < -0.3 is 3.07 Å². The first-order chi connectivity index (χ1) is 8.57. The van der Waals surface area contributed by atoms with Crippen molar-refractivity contribution in [2.45, 2.75) is 0 Å². The molecule has 0 aromatic heterocycles. The van der Waals surface area contributed by atoms with Crippen LogP contribution < -0.4 is 3.07 Å². The lowest BCUT2D eigenvalue weighted by atomic mass is 10.1. The van der Waals surface area contributed by atoms with Crippen LogP contribution in [0.2, 0.25) is 0 Å². The van der Waals surface area contributed by atoms with Crippen molar-refractivity contribution in [2.75, 3.05) is 0 Å². The lowest BCUT2D eigenvalue weighted by molar-refractivity contribution is 0.704. The Labute approximate surface area is 174 Å². The van der Waals surface area contributed by atoms with Gasteiger partial charge in [0.25, 0.3) is 0 Å². The van der Waals surface area contributed by atoms with Crippen molar-refractivity contribution >= 4 is 113 Å². The van der Waals surface area contributed by atoms with E-state index in [9.17, 15) is 0 Å². The average molecular weight is 800 g/mol. The van der Waals surface area contributed by atoms with Crippen LogP contribution in [-0.2, 0) is 0 Å². The van der Waals surface area contributed by atoms with Crippen LogP contribution >= 0.6 is 113 Å². The van der Waals surface area contributed by atoms with Gasteiger partial charge in [-0.05, 0) is 95.9 Å². The Morgan fingerprint density at radius 2 is 1.33 bits per heavy atom. The van der Waals surface area contributed by atoms with Gasteiger partial charge >= 0.3 is 0 Å². The summed E-state index contributed by atoms with van der Waals surface area (Å²) in [6.45, 7) is 0. The Kier molecular flexibility index (Phi) is 6.54. The first kappa shape index (κ1) is 16.3. The minimum atomic E-state index is 0.959. The lowest BCUT2D eigenvalue weighted by Crippen LogP contribution is -1.98. The van der Waals surface area contributed by atoms with Gasteiger partial charge in [0, 0.05) is 12.7 Å². The molecule has 2 rings (SSSR count). The van der Waals surface area contributed by atoms with Crippen LogP contribution in [-0.4, -0.2) is 0 Å². The highest BCUT2D eigenvalue weighted by Crippen LogP contribution is 2.42. The Balaban J connectivity index is 2.80. The molecule has 0 fully saturated rings. The maximum atomic E-state index is 5.52. The second-order valence-corrected chi connectivity index (χ2v) is 8.16. The summed E-state index contributed by atoms with van der Waals surface area (Å²) in [6.07, 6.45) is 0. The van der Waals surface area contributed by atoms with E-state index in [0.29, 0.717) is 0 Å². The van der Waals surface area contributed by atoms with Crippen LogP contribution in [0.4, 0.5) is 0 Å². The van der Waals surface area contributed by atoms with Gasteiger partial charge in [-0.25, -0.2) is 0 Å². The van der Waals surface area contributed by atoms with E-state index >= 15 is 0 Å². The summed E-state index contributed by atoms with van der Waals surface area (Å²) in [4.78, 5) is 0. The van der Waals surface area contributed by atoms with E-state index < -0.39 is 0 Å². The predicted molar refractivity (Wildman–Crippen MR) is 117 cm³/mol. The van der Waals surface area contributed by atoms with E-state index in [1.165, 1.54) is 25.4 Å². The zero-order valence-electron chi connectivity index (χ0n) is 8.68. The van der Waals surface area contributed by atoms with Crippen LogP contribution in [0.25, 0.3) is 11.1 Å². The van der Waals surface area contributed by atoms with Gasteiger partial charge in [-0.15, -0.1) is 0 Å². The predicted octanol–water partition coefficient (Wildman–Crippen LogP) is 6.50. The molecule has 94 valence electrons. The van der Waals surface area contributed by atoms with Crippen LogP contribution in [0.3, 0.4) is 0 Å². The van der Waals surface area contributed by atoms with Crippen LogP contribution in [0.15, 0.2) is 30.3 Å². The van der Waals surface area contributed by atoms with E-state index in [2.05, 4.69) is 115 Å². The fourth-order valence-electron chi connectivity index (χ4n) is 1.54. The number of hydrogen-bond donors (Lipinski definition) is 0. The topological polar surface area (TPSA) is 9.23 Å². The molecule has 0 radical (unpaired) electrons. The molecule has 6 heteroatoms. The molecule has 0 saturated heterocycles. The molecule has 0 heterocycles. The van der Waals surface area contributed by atoms with Crippen molar-refractivity contribution in [1.29, 1.82) is 0 Å². The van der Waals surface area contributed by atoms with E-state index in [1.54, 1.807) is 0 Å². The molecule has 0 spiro atoms. The lowest BCUT2D eigenvalue weighted by Gasteiger charge is -2.15. The first-order valence-electron chi connectivity index (χ1n) is 4.78. The third kappa shape index (κ3) is 3.21. The molecule has 0 N–H and O–H groups in total. The molecule has 2 aromatic rings. The highest BCUT2D eigenvalue weighted by molar-refractivity contribution is 14.1. The standard InChI is InChI=1S/C12H5I5O/c13-8-7(6-4-2-1-3-5-6)9(14)12(18-17)11(16)10(8)15/h1-5H. The van der Waals surface area contributed by atoms with E-state index in [4.69, 9.17) is 3.07 Å². The Morgan fingerprint density at radius 1 is 0.722 bits per heavy atom. The van der Waals surface area contributed by atoms with Crippen LogP contribution in [0.5, 0.6) is 5.75 Å². The smallest absolute Gasteiger partial charge is 0.192 e. The molecule has 0 aliphatic carbocycles. The zero-order chi connectivity index (χ0) is 13.3. The van der Waals surface area contributed by atoms with Crippen molar-refractivity contribution in [3.8, 4) is 16.9 Å². The van der Waals surface area contributed by atoms with Gasteiger partial charge in [0.15, 0.2) is 28.8 Å². The molecular weight excluding hydrogens is 795 g/mol. The number of benzene rings is 2. The number of hydrogen-bond acceptors (Lipinski definition) is 1. The SMILES string of the molecule is IOc1c(I)c(I)c(I)c(-c2ccccc2)c1I. The zero-order valence-corrected chi connectivity index (χ0v) is 19.5. The van der Waals surface area contributed by atoms with Gasteiger partial charge in [0.05, 0.1) is 7.14 Å². The van der Waals surface area contributed by atoms with E-state index in [0.717, 1.165) is 5.75 Å². The summed E-state index contributed by atoms with van der Waals surface area (Å²) >= 11 is 11.5. The largest absolute Gasteiger partial charge is 0.425 e. The maximum absolute atomic E-state index is 5.52. The Morgan fingerprint density at radius 3 is 1.89 bits per heavy atom. The molecule has 0 unspecified atom stereocenters. The van der Waals surface area contributed by atoms with Gasteiger partial charge in [-0.2, -0.15) is 0 Å². The first-order valence-corrected chi connectivity index (χ1v) is 9.97. The normalized spacial score (nSPS) is 10.5.